The second-order valence-corrected chi connectivity index (χ2v) is 17.4. The molecular formula is C58H36N4S. The minimum absolute atomic E-state index is 0.476. The first-order chi connectivity index (χ1) is 31.2. The fraction of sp³-hybridized carbons (Fsp3) is 0.0172. The Balaban J connectivity index is 1.02. The van der Waals surface area contributed by atoms with Crippen molar-refractivity contribution in [3.8, 4) is 62.1 Å². The first-order valence-corrected chi connectivity index (χ1v) is 22.2. The molecule has 5 heteroatoms. The Kier molecular flexibility index (Phi) is 8.02. The SMILES string of the molecule is c1ccc(-c2ccc(-c3nc(-c4ccccc4)nc(-c4cccc(-n5c6ccccc6c6cc7c(cc65)C5(c6ccccc6S7)c6ccccc6-c6ccccc65)c4)n3)cc2)cc1. The maximum absolute atomic E-state index is 5.18. The quantitative estimate of drug-likeness (QED) is 0.173. The molecule has 13 rings (SSSR count). The van der Waals surface area contributed by atoms with Gasteiger partial charge in [-0.25, -0.2) is 15.0 Å². The summed E-state index contributed by atoms with van der Waals surface area (Å²) < 4.78 is 2.43. The second-order valence-electron chi connectivity index (χ2n) is 16.3. The van der Waals surface area contributed by atoms with Crippen molar-refractivity contribution < 1.29 is 0 Å². The minimum Gasteiger partial charge on any atom is -0.309 e. The van der Waals surface area contributed by atoms with Crippen molar-refractivity contribution in [3.05, 3.63) is 241 Å². The van der Waals surface area contributed by atoms with E-state index in [1.165, 1.54) is 59.5 Å². The van der Waals surface area contributed by atoms with E-state index in [9.17, 15) is 0 Å². The van der Waals surface area contributed by atoms with Gasteiger partial charge in [0, 0.05) is 42.9 Å². The number of rotatable bonds is 5. The van der Waals surface area contributed by atoms with Gasteiger partial charge in [-0.3, -0.25) is 0 Å². The minimum atomic E-state index is -0.476. The van der Waals surface area contributed by atoms with E-state index < -0.39 is 5.41 Å². The van der Waals surface area contributed by atoms with Gasteiger partial charge in [0.05, 0.1) is 16.4 Å². The van der Waals surface area contributed by atoms with E-state index in [4.69, 9.17) is 15.0 Å². The molecule has 4 nitrogen and oxygen atoms in total. The van der Waals surface area contributed by atoms with Crippen LogP contribution >= 0.6 is 11.8 Å². The van der Waals surface area contributed by atoms with Crippen LogP contribution in [-0.2, 0) is 5.41 Å². The molecule has 0 atom stereocenters. The molecule has 0 N–H and O–H groups in total. The Bertz CT molecular complexity index is 3550. The third-order valence-corrected chi connectivity index (χ3v) is 14.1. The predicted octanol–water partition coefficient (Wildman–Crippen LogP) is 14.5. The Morgan fingerprint density at radius 1 is 0.333 bits per heavy atom. The topological polar surface area (TPSA) is 43.6 Å². The fourth-order valence-corrected chi connectivity index (χ4v) is 11.4. The fourth-order valence-electron chi connectivity index (χ4n) is 10.2. The molecule has 0 unspecified atom stereocenters. The molecule has 3 heterocycles. The van der Waals surface area contributed by atoms with E-state index in [1.54, 1.807) is 0 Å². The summed E-state index contributed by atoms with van der Waals surface area (Å²) in [6.07, 6.45) is 0. The maximum Gasteiger partial charge on any atom is 0.164 e. The largest absolute Gasteiger partial charge is 0.309 e. The van der Waals surface area contributed by atoms with Gasteiger partial charge in [-0.2, -0.15) is 0 Å². The number of aromatic nitrogens is 4. The van der Waals surface area contributed by atoms with Gasteiger partial charge in [0.15, 0.2) is 17.5 Å². The smallest absolute Gasteiger partial charge is 0.164 e. The molecule has 0 bridgehead atoms. The van der Waals surface area contributed by atoms with Gasteiger partial charge < -0.3 is 4.57 Å². The van der Waals surface area contributed by atoms with E-state index in [0.717, 1.165) is 39.0 Å². The lowest BCUT2D eigenvalue weighted by atomic mass is 9.67. The van der Waals surface area contributed by atoms with Crippen LogP contribution in [0.1, 0.15) is 22.3 Å². The molecule has 1 aliphatic carbocycles. The van der Waals surface area contributed by atoms with Gasteiger partial charge in [-0.1, -0.05) is 194 Å². The highest BCUT2D eigenvalue weighted by atomic mass is 32.2. The van der Waals surface area contributed by atoms with E-state index in [-0.39, 0.29) is 0 Å². The van der Waals surface area contributed by atoms with Crippen LogP contribution < -0.4 is 0 Å². The molecule has 0 radical (unpaired) electrons. The lowest BCUT2D eigenvalue weighted by Crippen LogP contribution is -2.32. The zero-order valence-corrected chi connectivity index (χ0v) is 34.8. The summed E-state index contributed by atoms with van der Waals surface area (Å²) in [5.41, 5.74) is 15.9. The Labute approximate surface area is 369 Å². The van der Waals surface area contributed by atoms with Crippen LogP contribution in [0, 0.1) is 0 Å². The van der Waals surface area contributed by atoms with Crippen LogP contribution in [0.5, 0.6) is 0 Å². The second kappa shape index (κ2) is 14.1. The van der Waals surface area contributed by atoms with Crippen molar-refractivity contribution in [2.24, 2.45) is 0 Å². The average Bonchev–Trinajstić information content (AvgIpc) is 3.84. The third-order valence-electron chi connectivity index (χ3n) is 12.9. The zero-order chi connectivity index (χ0) is 41.5. The van der Waals surface area contributed by atoms with Crippen molar-refractivity contribution in [1.82, 2.24) is 19.5 Å². The Hall–Kier alpha value is -7.86. The maximum atomic E-state index is 5.18. The van der Waals surface area contributed by atoms with Crippen LogP contribution in [0.25, 0.3) is 83.9 Å². The molecule has 2 aromatic heterocycles. The van der Waals surface area contributed by atoms with Crippen molar-refractivity contribution in [3.63, 3.8) is 0 Å². The molecule has 1 aliphatic heterocycles. The molecule has 1 spiro atoms. The number of fused-ring (bicyclic) bond motifs is 12. The Morgan fingerprint density at radius 3 is 1.57 bits per heavy atom. The van der Waals surface area contributed by atoms with Gasteiger partial charge in [-0.05, 0) is 80.9 Å². The monoisotopic (exact) mass is 820 g/mol. The highest BCUT2D eigenvalue weighted by Crippen LogP contribution is 2.62. The van der Waals surface area contributed by atoms with Gasteiger partial charge >= 0.3 is 0 Å². The first-order valence-electron chi connectivity index (χ1n) is 21.3. The number of hydrogen-bond acceptors (Lipinski definition) is 4. The summed E-state index contributed by atoms with van der Waals surface area (Å²) in [5, 5.41) is 2.44. The molecular weight excluding hydrogens is 785 g/mol. The van der Waals surface area contributed by atoms with Gasteiger partial charge in [0.25, 0.3) is 0 Å². The van der Waals surface area contributed by atoms with Crippen molar-refractivity contribution in [2.75, 3.05) is 0 Å². The summed E-state index contributed by atoms with van der Waals surface area (Å²) >= 11 is 1.89. The number of nitrogens with zero attached hydrogens (tertiary/aromatic N) is 4. The molecule has 11 aromatic rings. The van der Waals surface area contributed by atoms with Gasteiger partial charge in [-0.15, -0.1) is 0 Å². The standard InChI is InChI=1S/C58H36N4S/c1-3-16-37(17-4-1)38-30-32-40(33-31-38)56-59-55(39-18-5-2-6-19-39)60-57(61-56)41-20-15-21-42(34-41)62-51-28-13-9-24-45(51)46-35-54-50(36-52(46)62)58(49-27-12-14-29-53(49)63-54)47-25-10-7-22-43(47)44-23-8-11-26-48(44)58/h1-36H. The van der Waals surface area contributed by atoms with E-state index in [2.05, 4.69) is 199 Å². The highest BCUT2D eigenvalue weighted by molar-refractivity contribution is 7.99. The number of benzene rings is 9. The van der Waals surface area contributed by atoms with E-state index >= 15 is 0 Å². The highest BCUT2D eigenvalue weighted by Gasteiger charge is 2.50. The van der Waals surface area contributed by atoms with E-state index in [1.807, 2.05) is 36.0 Å². The first kappa shape index (κ1) is 35.9. The van der Waals surface area contributed by atoms with Gasteiger partial charge in [0.2, 0.25) is 0 Å². The van der Waals surface area contributed by atoms with Crippen molar-refractivity contribution in [2.45, 2.75) is 15.2 Å². The summed E-state index contributed by atoms with van der Waals surface area (Å²) in [6.45, 7) is 0. The normalized spacial score (nSPS) is 13.1. The summed E-state index contributed by atoms with van der Waals surface area (Å²) in [5.74, 6) is 1.89. The van der Waals surface area contributed by atoms with Gasteiger partial charge in [0.1, 0.15) is 0 Å². The molecule has 0 fully saturated rings. The average molecular weight is 821 g/mol. The molecule has 0 saturated heterocycles. The van der Waals surface area contributed by atoms with Crippen molar-refractivity contribution >= 4 is 33.6 Å². The van der Waals surface area contributed by atoms with Crippen LogP contribution in [0.15, 0.2) is 228 Å². The Morgan fingerprint density at radius 2 is 0.857 bits per heavy atom. The molecule has 2 aliphatic rings. The number of para-hydroxylation sites is 1. The van der Waals surface area contributed by atoms with Crippen LogP contribution in [0.4, 0.5) is 0 Å². The lowest BCUT2D eigenvalue weighted by molar-refractivity contribution is 0.724. The number of hydrogen-bond donors (Lipinski definition) is 0. The van der Waals surface area contributed by atoms with Crippen LogP contribution in [-0.4, -0.2) is 19.5 Å². The summed E-state index contributed by atoms with van der Waals surface area (Å²) in [6, 6.07) is 78.6. The van der Waals surface area contributed by atoms with E-state index in [0.29, 0.717) is 17.5 Å². The lowest BCUT2D eigenvalue weighted by Gasteiger charge is -2.39. The molecule has 9 aromatic carbocycles. The zero-order valence-electron chi connectivity index (χ0n) is 34.0. The molecule has 0 amide bonds. The summed E-state index contributed by atoms with van der Waals surface area (Å²) in [4.78, 5) is 18.0. The molecule has 63 heavy (non-hydrogen) atoms. The predicted molar refractivity (Wildman–Crippen MR) is 257 cm³/mol. The molecule has 294 valence electrons. The third kappa shape index (κ3) is 5.46. The summed E-state index contributed by atoms with van der Waals surface area (Å²) in [7, 11) is 0. The van der Waals surface area contributed by atoms with Crippen LogP contribution in [0.2, 0.25) is 0 Å². The van der Waals surface area contributed by atoms with Crippen LogP contribution in [0.3, 0.4) is 0 Å². The molecule has 0 saturated carbocycles. The van der Waals surface area contributed by atoms with Crippen molar-refractivity contribution in [1.29, 1.82) is 0 Å².